The Morgan fingerprint density at radius 3 is 2.59 bits per heavy atom. The van der Waals surface area contributed by atoms with Crippen molar-refractivity contribution in [2.45, 2.75) is 58.3 Å². The number of benzene rings is 1. The largest absolute Gasteiger partial charge is 0.419 e. The zero-order chi connectivity index (χ0) is 27.0. The highest BCUT2D eigenvalue weighted by molar-refractivity contribution is 5.99. The van der Waals surface area contributed by atoms with Crippen LogP contribution in [0.1, 0.15) is 59.6 Å². The summed E-state index contributed by atoms with van der Waals surface area (Å²) in [7, 11) is 0. The Labute approximate surface area is 213 Å². The van der Waals surface area contributed by atoms with Crippen molar-refractivity contribution in [2.75, 3.05) is 5.32 Å². The molecule has 10 heteroatoms. The molecule has 0 unspecified atom stereocenters. The number of aromatic nitrogens is 3. The molecule has 0 saturated heterocycles. The van der Waals surface area contributed by atoms with Gasteiger partial charge >= 0.3 is 6.18 Å². The molecule has 3 aromatic rings. The molecule has 0 bridgehead atoms. The van der Waals surface area contributed by atoms with E-state index in [9.17, 15) is 22.4 Å². The number of anilines is 1. The molecule has 2 N–H and O–H groups in total. The Kier molecular flexibility index (Phi) is 9.46. The summed E-state index contributed by atoms with van der Waals surface area (Å²) in [6.45, 7) is 7.38. The van der Waals surface area contributed by atoms with Gasteiger partial charge in [0.1, 0.15) is 5.82 Å². The number of aryl methyl sites for hydroxylation is 3. The minimum absolute atomic E-state index is 0.0646. The van der Waals surface area contributed by atoms with Crippen LogP contribution in [0.2, 0.25) is 0 Å². The molecule has 0 aliphatic heterocycles. The molecule has 0 aliphatic carbocycles. The van der Waals surface area contributed by atoms with E-state index >= 15 is 0 Å². The van der Waals surface area contributed by atoms with Crippen LogP contribution in [0, 0.1) is 12.9 Å². The minimum atomic E-state index is -4.57. The number of hydrogen-bond acceptors (Lipinski definition) is 5. The van der Waals surface area contributed by atoms with Gasteiger partial charge in [-0.1, -0.05) is 18.7 Å². The van der Waals surface area contributed by atoms with E-state index in [2.05, 4.69) is 32.2 Å². The third kappa shape index (κ3) is 8.18. The molecule has 0 aliphatic rings. The van der Waals surface area contributed by atoms with Crippen molar-refractivity contribution >= 4 is 11.6 Å². The van der Waals surface area contributed by atoms with E-state index in [-0.39, 0.29) is 30.4 Å². The highest BCUT2D eigenvalue weighted by Gasteiger charge is 2.35. The number of rotatable bonds is 11. The number of alkyl halides is 3. The average Bonchev–Trinajstić information content (AvgIpc) is 2.85. The molecule has 2 aromatic heterocycles. The Morgan fingerprint density at radius 1 is 1.14 bits per heavy atom. The van der Waals surface area contributed by atoms with Gasteiger partial charge < -0.3 is 10.6 Å². The molecule has 0 radical (unpaired) electrons. The second kappa shape index (κ2) is 12.5. The zero-order valence-corrected chi connectivity index (χ0v) is 20.7. The minimum Gasteiger partial charge on any atom is -0.322 e. The summed E-state index contributed by atoms with van der Waals surface area (Å²) in [5.41, 5.74) is 2.26. The van der Waals surface area contributed by atoms with Crippen molar-refractivity contribution in [2.24, 2.45) is 0 Å². The Balaban J connectivity index is 1.67. The SMILES string of the molecule is C=CC(=O)Nc1cc(C)ccc1CCCCc1nc([C@@H](C)NCc2ccnc(F)c2)ncc1C(F)(F)F. The summed E-state index contributed by atoms with van der Waals surface area (Å²) in [6, 6.07) is 8.14. The Hall–Kier alpha value is -3.66. The average molecular weight is 516 g/mol. The highest BCUT2D eigenvalue weighted by Crippen LogP contribution is 2.32. The zero-order valence-electron chi connectivity index (χ0n) is 20.7. The standard InChI is InChI=1S/C27H29F4N5O/c1-4-25(37)35-23-13-17(2)9-10-20(23)7-5-6-8-22-21(27(29,30)31)16-34-26(36-22)18(3)33-15-19-11-12-32-24(28)14-19/h4,9-14,16,18,33H,1,5-8,15H2,2-3H3,(H,35,37)/t18-/m1/s1. The highest BCUT2D eigenvalue weighted by atomic mass is 19.4. The topological polar surface area (TPSA) is 79.8 Å². The van der Waals surface area contributed by atoms with Gasteiger partial charge in [0.15, 0.2) is 0 Å². The smallest absolute Gasteiger partial charge is 0.322 e. The fraction of sp³-hybridized carbons (Fsp3) is 0.333. The van der Waals surface area contributed by atoms with Gasteiger partial charge in [-0.3, -0.25) is 4.79 Å². The van der Waals surface area contributed by atoms with Crippen molar-refractivity contribution in [1.82, 2.24) is 20.3 Å². The second-order valence-electron chi connectivity index (χ2n) is 8.74. The van der Waals surface area contributed by atoms with Gasteiger partial charge in [0.05, 0.1) is 17.3 Å². The lowest BCUT2D eigenvalue weighted by atomic mass is 10.0. The van der Waals surface area contributed by atoms with Crippen LogP contribution in [0.25, 0.3) is 0 Å². The van der Waals surface area contributed by atoms with Crippen molar-refractivity contribution in [3.05, 3.63) is 95.1 Å². The normalized spacial score (nSPS) is 12.3. The molecule has 2 heterocycles. The van der Waals surface area contributed by atoms with Gasteiger partial charge in [-0.05, 0) is 80.5 Å². The summed E-state index contributed by atoms with van der Waals surface area (Å²) in [6.07, 6.45) is 0.528. The van der Waals surface area contributed by atoms with Crippen molar-refractivity contribution in [1.29, 1.82) is 0 Å². The molecule has 196 valence electrons. The first kappa shape index (κ1) is 27.9. The van der Waals surface area contributed by atoms with Crippen LogP contribution >= 0.6 is 0 Å². The predicted molar refractivity (Wildman–Crippen MR) is 133 cm³/mol. The van der Waals surface area contributed by atoms with Crippen LogP contribution in [0.5, 0.6) is 0 Å². The molecule has 37 heavy (non-hydrogen) atoms. The van der Waals surface area contributed by atoms with Gasteiger partial charge in [0, 0.05) is 24.6 Å². The number of carbonyl (C=O) groups excluding carboxylic acids is 1. The molecule has 0 saturated carbocycles. The number of carbonyl (C=O) groups is 1. The number of pyridine rings is 1. The van der Waals surface area contributed by atoms with Crippen LogP contribution in [0.3, 0.4) is 0 Å². The maximum absolute atomic E-state index is 13.6. The fourth-order valence-corrected chi connectivity index (χ4v) is 3.80. The molecule has 3 rings (SSSR count). The van der Waals surface area contributed by atoms with Crippen molar-refractivity contribution in [3.63, 3.8) is 0 Å². The van der Waals surface area contributed by atoms with E-state index in [1.54, 1.807) is 13.0 Å². The lowest BCUT2D eigenvalue weighted by molar-refractivity contribution is -0.138. The molecule has 0 spiro atoms. The van der Waals surface area contributed by atoms with Crippen molar-refractivity contribution < 1.29 is 22.4 Å². The van der Waals surface area contributed by atoms with E-state index in [0.717, 1.165) is 17.3 Å². The van der Waals surface area contributed by atoms with E-state index in [4.69, 9.17) is 0 Å². The lowest BCUT2D eigenvalue weighted by Gasteiger charge is -2.17. The van der Waals surface area contributed by atoms with Gasteiger partial charge in [0.25, 0.3) is 0 Å². The first-order valence-electron chi connectivity index (χ1n) is 11.9. The number of unbranched alkanes of at least 4 members (excludes halogenated alkanes) is 1. The van der Waals surface area contributed by atoms with Gasteiger partial charge in [0.2, 0.25) is 11.9 Å². The number of halogens is 4. The number of nitrogens with one attached hydrogen (secondary N) is 2. The quantitative estimate of drug-likeness (QED) is 0.144. The van der Waals surface area contributed by atoms with Gasteiger partial charge in [-0.25, -0.2) is 15.0 Å². The van der Waals surface area contributed by atoms with E-state index in [1.165, 1.54) is 18.3 Å². The maximum atomic E-state index is 13.6. The Bertz CT molecular complexity index is 1250. The fourth-order valence-electron chi connectivity index (χ4n) is 3.80. The van der Waals surface area contributed by atoms with Crippen molar-refractivity contribution in [3.8, 4) is 0 Å². The molecule has 6 nitrogen and oxygen atoms in total. The third-order valence-electron chi connectivity index (χ3n) is 5.80. The lowest BCUT2D eigenvalue weighted by Crippen LogP contribution is -2.22. The summed E-state index contributed by atoms with van der Waals surface area (Å²) in [5.74, 6) is -0.710. The van der Waals surface area contributed by atoms with Crippen LogP contribution in [0.4, 0.5) is 23.2 Å². The molecule has 1 amide bonds. The maximum Gasteiger partial charge on any atom is 0.419 e. The van der Waals surface area contributed by atoms with Gasteiger partial charge in [-0.2, -0.15) is 17.6 Å². The summed E-state index contributed by atoms with van der Waals surface area (Å²) >= 11 is 0. The first-order chi connectivity index (χ1) is 17.6. The third-order valence-corrected chi connectivity index (χ3v) is 5.80. The van der Waals surface area contributed by atoms with Crippen LogP contribution < -0.4 is 10.6 Å². The molecule has 0 fully saturated rings. The van der Waals surface area contributed by atoms with E-state index in [1.807, 2.05) is 25.1 Å². The molecular formula is C27H29F4N5O. The van der Waals surface area contributed by atoms with Crippen LogP contribution in [-0.2, 0) is 30.4 Å². The van der Waals surface area contributed by atoms with E-state index in [0.29, 0.717) is 30.5 Å². The van der Waals surface area contributed by atoms with E-state index < -0.39 is 23.7 Å². The molecule has 1 aromatic carbocycles. The number of hydrogen-bond donors (Lipinski definition) is 2. The second-order valence-corrected chi connectivity index (χ2v) is 8.74. The van der Waals surface area contributed by atoms with Crippen LogP contribution in [0.15, 0.2) is 55.4 Å². The first-order valence-corrected chi connectivity index (χ1v) is 11.9. The summed E-state index contributed by atoms with van der Waals surface area (Å²) in [4.78, 5) is 23.4. The number of amides is 1. The van der Waals surface area contributed by atoms with Gasteiger partial charge in [-0.15, -0.1) is 0 Å². The van der Waals surface area contributed by atoms with Crippen LogP contribution in [-0.4, -0.2) is 20.9 Å². The summed E-state index contributed by atoms with van der Waals surface area (Å²) < 4.78 is 54.2. The summed E-state index contributed by atoms with van der Waals surface area (Å²) in [5, 5.41) is 5.88. The number of nitrogens with zero attached hydrogens (tertiary/aromatic N) is 3. The molecule has 1 atom stereocenters. The monoisotopic (exact) mass is 515 g/mol. The predicted octanol–water partition coefficient (Wildman–Crippen LogP) is 5.88. The Morgan fingerprint density at radius 2 is 1.89 bits per heavy atom. The molecular weight excluding hydrogens is 486 g/mol.